The van der Waals surface area contributed by atoms with Gasteiger partial charge in [-0.05, 0) is 18.2 Å². The summed E-state index contributed by atoms with van der Waals surface area (Å²) < 4.78 is 8.51. The van der Waals surface area contributed by atoms with Crippen molar-refractivity contribution in [3.8, 4) is 5.75 Å². The van der Waals surface area contributed by atoms with Gasteiger partial charge in [-0.2, -0.15) is 10.1 Å². The number of aryl methyl sites for hydroxylation is 1. The molecule has 0 unspecified atom stereocenters. The Morgan fingerprint density at radius 3 is 2.76 bits per heavy atom. The number of carbonyl (C=O) groups excluding carboxylic acids is 1. The lowest BCUT2D eigenvalue weighted by Crippen LogP contribution is -2.27. The summed E-state index contributed by atoms with van der Waals surface area (Å²) in [4.78, 5) is 28.7. The standard InChI is InChI=1S/C17H16N4O3S/c1-20-10-12-25-17(20)18-16(23)14-7-8-15(22)21(19-14)9-11-24-13-5-3-2-4-6-13/h2-8,10,12H,9,11H2,1H3. The molecule has 8 heteroatoms. The van der Waals surface area contributed by atoms with Crippen molar-refractivity contribution in [3.63, 3.8) is 0 Å². The molecule has 0 bridgehead atoms. The highest BCUT2D eigenvalue weighted by molar-refractivity contribution is 7.07. The van der Waals surface area contributed by atoms with Crippen LogP contribution in [0.15, 0.2) is 63.8 Å². The summed E-state index contributed by atoms with van der Waals surface area (Å²) in [5.41, 5.74) is -0.178. The molecule has 0 spiro atoms. The molecule has 0 radical (unpaired) electrons. The molecule has 2 aromatic heterocycles. The molecule has 2 heterocycles. The number of aromatic nitrogens is 3. The van der Waals surface area contributed by atoms with E-state index in [1.54, 1.807) is 11.6 Å². The minimum Gasteiger partial charge on any atom is -0.492 e. The number of ether oxygens (including phenoxy) is 1. The zero-order chi connectivity index (χ0) is 17.6. The summed E-state index contributed by atoms with van der Waals surface area (Å²) in [6.07, 6.45) is 1.81. The van der Waals surface area contributed by atoms with Gasteiger partial charge < -0.3 is 9.30 Å². The first kappa shape index (κ1) is 16.8. The van der Waals surface area contributed by atoms with Crippen molar-refractivity contribution >= 4 is 17.2 Å². The number of hydrogen-bond donors (Lipinski definition) is 0. The lowest BCUT2D eigenvalue weighted by atomic mass is 10.3. The van der Waals surface area contributed by atoms with Gasteiger partial charge in [0.05, 0.1) is 6.54 Å². The van der Waals surface area contributed by atoms with Crippen LogP contribution in [0.3, 0.4) is 0 Å². The van der Waals surface area contributed by atoms with E-state index in [0.717, 1.165) is 0 Å². The van der Waals surface area contributed by atoms with Crippen LogP contribution in [0.1, 0.15) is 10.5 Å². The third-order valence-corrected chi connectivity index (χ3v) is 4.21. The molecule has 0 aliphatic rings. The van der Waals surface area contributed by atoms with Gasteiger partial charge in [-0.25, -0.2) is 4.68 Å². The van der Waals surface area contributed by atoms with E-state index in [-0.39, 0.29) is 24.4 Å². The second kappa shape index (κ2) is 7.71. The Hall–Kier alpha value is -3.00. The zero-order valence-corrected chi connectivity index (χ0v) is 14.3. The van der Waals surface area contributed by atoms with Gasteiger partial charge >= 0.3 is 0 Å². The second-order valence-electron chi connectivity index (χ2n) is 5.15. The van der Waals surface area contributed by atoms with Crippen LogP contribution in [0.25, 0.3) is 0 Å². The van der Waals surface area contributed by atoms with Gasteiger partial charge in [0.15, 0.2) is 10.5 Å². The Labute approximate surface area is 147 Å². The van der Waals surface area contributed by atoms with Crippen molar-refractivity contribution in [1.82, 2.24) is 14.3 Å². The molecule has 3 aromatic rings. The molecule has 3 rings (SSSR count). The molecule has 25 heavy (non-hydrogen) atoms. The van der Waals surface area contributed by atoms with Crippen molar-refractivity contribution in [2.24, 2.45) is 12.0 Å². The maximum atomic E-state index is 12.2. The average molecular weight is 356 g/mol. The van der Waals surface area contributed by atoms with Crippen LogP contribution in [-0.2, 0) is 13.6 Å². The third-order valence-electron chi connectivity index (χ3n) is 3.36. The first-order chi connectivity index (χ1) is 12.1. The molecular weight excluding hydrogens is 340 g/mol. The summed E-state index contributed by atoms with van der Waals surface area (Å²) in [6.45, 7) is 0.507. The Morgan fingerprint density at radius 1 is 1.24 bits per heavy atom. The third kappa shape index (κ3) is 4.30. The summed E-state index contributed by atoms with van der Waals surface area (Å²) in [6, 6.07) is 12.0. The molecule has 0 aliphatic carbocycles. The molecule has 0 saturated carbocycles. The molecule has 0 saturated heterocycles. The fraction of sp³-hybridized carbons (Fsp3) is 0.176. The fourth-order valence-electron chi connectivity index (χ4n) is 2.07. The van der Waals surface area contributed by atoms with Crippen LogP contribution in [0, 0.1) is 0 Å². The van der Waals surface area contributed by atoms with Crippen LogP contribution in [-0.4, -0.2) is 26.9 Å². The van der Waals surface area contributed by atoms with Crippen LogP contribution < -0.4 is 15.1 Å². The largest absolute Gasteiger partial charge is 0.492 e. The molecule has 0 atom stereocenters. The maximum Gasteiger partial charge on any atom is 0.300 e. The Bertz CT molecular complexity index is 989. The Balaban J connectivity index is 1.73. The maximum absolute atomic E-state index is 12.2. The first-order valence-electron chi connectivity index (χ1n) is 7.59. The van der Waals surface area contributed by atoms with Crippen molar-refractivity contribution in [2.45, 2.75) is 6.54 Å². The number of hydrogen-bond acceptors (Lipinski definition) is 5. The number of benzene rings is 1. The number of nitrogens with zero attached hydrogens (tertiary/aromatic N) is 4. The molecule has 7 nitrogen and oxygen atoms in total. The number of rotatable bonds is 5. The van der Waals surface area contributed by atoms with Crippen molar-refractivity contribution in [1.29, 1.82) is 0 Å². The number of carbonyl (C=O) groups is 1. The van der Waals surface area contributed by atoms with E-state index in [2.05, 4.69) is 10.1 Å². The van der Waals surface area contributed by atoms with Gasteiger partial charge in [-0.3, -0.25) is 9.59 Å². The minimum atomic E-state index is -0.490. The lowest BCUT2D eigenvalue weighted by Gasteiger charge is -2.07. The normalized spacial score (nSPS) is 11.5. The van der Waals surface area contributed by atoms with Crippen LogP contribution in [0.4, 0.5) is 0 Å². The predicted molar refractivity (Wildman–Crippen MR) is 93.6 cm³/mol. The van der Waals surface area contributed by atoms with E-state index >= 15 is 0 Å². The first-order valence-corrected chi connectivity index (χ1v) is 8.46. The van der Waals surface area contributed by atoms with E-state index in [9.17, 15) is 9.59 Å². The van der Waals surface area contributed by atoms with Crippen LogP contribution in [0.5, 0.6) is 5.75 Å². The monoisotopic (exact) mass is 356 g/mol. The summed E-state index contributed by atoms with van der Waals surface area (Å²) in [5, 5.41) is 5.92. The molecule has 0 aliphatic heterocycles. The lowest BCUT2D eigenvalue weighted by molar-refractivity contribution is 0.0990. The second-order valence-corrected chi connectivity index (χ2v) is 6.03. The smallest absolute Gasteiger partial charge is 0.300 e. The Kier molecular flexibility index (Phi) is 5.20. The molecule has 0 fully saturated rings. The van der Waals surface area contributed by atoms with E-state index in [4.69, 9.17) is 4.74 Å². The van der Waals surface area contributed by atoms with Crippen molar-refractivity contribution < 1.29 is 9.53 Å². The van der Waals surface area contributed by atoms with E-state index in [1.165, 1.54) is 28.2 Å². The minimum absolute atomic E-state index is 0.118. The summed E-state index contributed by atoms with van der Waals surface area (Å²) in [5.74, 6) is 0.221. The highest BCUT2D eigenvalue weighted by Crippen LogP contribution is 2.07. The average Bonchev–Trinajstić information content (AvgIpc) is 3.02. The highest BCUT2D eigenvalue weighted by Gasteiger charge is 2.09. The molecule has 128 valence electrons. The van der Waals surface area contributed by atoms with Crippen molar-refractivity contribution in [2.75, 3.05) is 6.61 Å². The van der Waals surface area contributed by atoms with E-state index in [0.29, 0.717) is 10.6 Å². The van der Waals surface area contributed by atoms with Gasteiger partial charge in [0, 0.05) is 24.7 Å². The quantitative estimate of drug-likeness (QED) is 0.693. The van der Waals surface area contributed by atoms with Crippen molar-refractivity contribution in [3.05, 3.63) is 74.9 Å². The topological polar surface area (TPSA) is 78.5 Å². The van der Waals surface area contributed by atoms with Crippen LogP contribution in [0.2, 0.25) is 0 Å². The zero-order valence-electron chi connectivity index (χ0n) is 13.5. The molecule has 1 aromatic carbocycles. The van der Waals surface area contributed by atoms with Gasteiger partial charge in [0.2, 0.25) is 0 Å². The van der Waals surface area contributed by atoms with Gasteiger partial charge in [-0.1, -0.05) is 18.2 Å². The van der Waals surface area contributed by atoms with Crippen LogP contribution >= 0.6 is 11.3 Å². The Morgan fingerprint density at radius 2 is 2.04 bits per heavy atom. The molecule has 0 N–H and O–H groups in total. The SMILES string of the molecule is Cn1ccsc1=NC(=O)c1ccc(=O)n(CCOc2ccccc2)n1. The van der Waals surface area contributed by atoms with Gasteiger partial charge in [0.25, 0.3) is 11.5 Å². The van der Waals surface area contributed by atoms with E-state index in [1.807, 2.05) is 41.9 Å². The number of thiazole rings is 1. The molecule has 1 amide bonds. The highest BCUT2D eigenvalue weighted by atomic mass is 32.1. The predicted octanol–water partition coefficient (Wildman–Crippen LogP) is 1.46. The van der Waals surface area contributed by atoms with Gasteiger partial charge in [-0.15, -0.1) is 11.3 Å². The van der Waals surface area contributed by atoms with E-state index < -0.39 is 5.91 Å². The number of para-hydroxylation sites is 1. The fourth-order valence-corrected chi connectivity index (χ4v) is 2.80. The summed E-state index contributed by atoms with van der Waals surface area (Å²) >= 11 is 1.35. The summed E-state index contributed by atoms with van der Waals surface area (Å²) in [7, 11) is 1.80. The van der Waals surface area contributed by atoms with Gasteiger partial charge in [0.1, 0.15) is 12.4 Å². The number of amides is 1. The molecular formula is C17H16N4O3S.